The Hall–Kier alpha value is -5.40. The van der Waals surface area contributed by atoms with E-state index in [1.165, 1.54) is 0 Å². The number of carbonyl (C=O) groups excluding carboxylic acids is 2. The Kier molecular flexibility index (Phi) is 12.9. The van der Waals surface area contributed by atoms with E-state index in [9.17, 15) is 23.1 Å². The molecule has 0 aliphatic carbocycles. The lowest BCUT2D eigenvalue weighted by atomic mass is 10.0. The first-order valence-corrected chi connectivity index (χ1v) is 18.6. The molecule has 52 heavy (non-hydrogen) atoms. The third kappa shape index (κ3) is 11.3. The van der Waals surface area contributed by atoms with Gasteiger partial charge in [0.15, 0.2) is 5.37 Å². The molecule has 0 bridgehead atoms. The number of amides is 2. The van der Waals surface area contributed by atoms with Gasteiger partial charge in [-0.15, -0.1) is 0 Å². The van der Waals surface area contributed by atoms with Crippen molar-refractivity contribution in [3.05, 3.63) is 166 Å². The number of hydrogen-bond acceptors (Lipinski definition) is 8. The van der Waals surface area contributed by atoms with Crippen molar-refractivity contribution >= 4 is 27.7 Å². The lowest BCUT2D eigenvalue weighted by Gasteiger charge is -2.18. The largest absolute Gasteiger partial charge is 0.387 e. The number of aromatic nitrogens is 1. The standard InChI is InChI=1S/C40H44N6O5S/c1-27(43-26-36(47)35-17-18-37(41)44-25-35)19-30-9-5-10-32(21-30)23-38(48)45-24-29-13-15-33(16-14-29)39(49)46-40(52(42,50)51)34-12-6-11-31(22-34)20-28-7-3-2-4-8-28/h2-18,21-22,25,27,36,40,43,47H,19-20,23-24,26H2,1H3,(H2,41,44)(H,45,48)(H,46,49)(H2,42,50,51)/t27-,36+,40?/m1/s1. The van der Waals surface area contributed by atoms with E-state index in [0.717, 1.165) is 27.8 Å². The van der Waals surface area contributed by atoms with Crippen molar-refractivity contribution in [1.29, 1.82) is 0 Å². The lowest BCUT2D eigenvalue weighted by molar-refractivity contribution is -0.120. The Morgan fingerprint density at radius 1 is 0.788 bits per heavy atom. The summed E-state index contributed by atoms with van der Waals surface area (Å²) in [5, 5.41) is 23.4. The second-order valence-corrected chi connectivity index (χ2v) is 14.5. The fraction of sp³-hybridized carbons (Fsp3) is 0.225. The van der Waals surface area contributed by atoms with Gasteiger partial charge in [0.25, 0.3) is 5.91 Å². The third-order valence-corrected chi connectivity index (χ3v) is 9.60. The fourth-order valence-corrected chi connectivity index (χ4v) is 6.61. The van der Waals surface area contributed by atoms with Crippen molar-refractivity contribution in [2.45, 2.75) is 50.3 Å². The number of aliphatic hydroxyl groups is 1. The van der Waals surface area contributed by atoms with Crippen LogP contribution in [0.2, 0.25) is 0 Å². The monoisotopic (exact) mass is 720 g/mol. The molecule has 0 fully saturated rings. The van der Waals surface area contributed by atoms with E-state index in [0.29, 0.717) is 36.3 Å². The third-order valence-electron chi connectivity index (χ3n) is 8.55. The van der Waals surface area contributed by atoms with Crippen LogP contribution >= 0.6 is 0 Å². The number of nitrogens with one attached hydrogen (secondary N) is 3. The van der Waals surface area contributed by atoms with Crippen molar-refractivity contribution in [3.8, 4) is 0 Å². The SMILES string of the molecule is C[C@H](Cc1cccc(CC(=O)NCc2ccc(C(=O)NC(c3cccc(Cc4ccccc4)c3)S(N)(=O)=O)cc2)c1)NC[C@H](O)c1ccc(N)nc1. The predicted octanol–water partition coefficient (Wildman–Crippen LogP) is 4.08. The quantitative estimate of drug-likeness (QED) is 0.0879. The van der Waals surface area contributed by atoms with Crippen LogP contribution in [0.3, 0.4) is 0 Å². The number of carbonyl (C=O) groups is 2. The normalized spacial score (nSPS) is 13.1. The Morgan fingerprint density at radius 3 is 2.19 bits per heavy atom. The molecule has 0 aliphatic heterocycles. The molecule has 0 saturated carbocycles. The van der Waals surface area contributed by atoms with Crippen LogP contribution in [-0.2, 0) is 40.6 Å². The summed E-state index contributed by atoms with van der Waals surface area (Å²) in [4.78, 5) is 30.0. The van der Waals surface area contributed by atoms with Gasteiger partial charge in [-0.1, -0.05) is 97.1 Å². The van der Waals surface area contributed by atoms with Gasteiger partial charge in [-0.25, -0.2) is 18.5 Å². The summed E-state index contributed by atoms with van der Waals surface area (Å²) in [7, 11) is -4.19. The number of sulfonamides is 1. The van der Waals surface area contributed by atoms with Crippen LogP contribution in [0.5, 0.6) is 0 Å². The number of primary sulfonamides is 1. The van der Waals surface area contributed by atoms with Crippen LogP contribution in [0.1, 0.15) is 67.7 Å². The Morgan fingerprint density at radius 2 is 1.48 bits per heavy atom. The first kappa shape index (κ1) is 37.8. The summed E-state index contributed by atoms with van der Waals surface area (Å²) in [6.45, 7) is 2.65. The summed E-state index contributed by atoms with van der Waals surface area (Å²) in [6.07, 6.45) is 2.36. The summed E-state index contributed by atoms with van der Waals surface area (Å²) in [6, 6.07) is 34.7. The number of nitrogens with two attached hydrogens (primary N) is 2. The van der Waals surface area contributed by atoms with E-state index in [1.54, 1.807) is 60.8 Å². The van der Waals surface area contributed by atoms with Gasteiger partial charge in [0.1, 0.15) is 5.82 Å². The first-order chi connectivity index (χ1) is 24.9. The summed E-state index contributed by atoms with van der Waals surface area (Å²) in [5.41, 5.74) is 11.6. The smallest absolute Gasteiger partial charge is 0.252 e. The van der Waals surface area contributed by atoms with E-state index in [4.69, 9.17) is 10.9 Å². The molecular formula is C40H44N6O5S. The molecule has 8 N–H and O–H groups in total. The Labute approximate surface area is 304 Å². The molecule has 0 spiro atoms. The molecule has 1 aromatic heterocycles. The van der Waals surface area contributed by atoms with Gasteiger partial charge in [-0.2, -0.15) is 0 Å². The van der Waals surface area contributed by atoms with Gasteiger partial charge >= 0.3 is 0 Å². The number of nitrogens with zero attached hydrogens (tertiary/aromatic N) is 1. The molecule has 12 heteroatoms. The number of nitrogen functional groups attached to an aromatic ring is 1. The minimum atomic E-state index is -4.19. The molecule has 3 atom stereocenters. The maximum Gasteiger partial charge on any atom is 0.252 e. The molecular weight excluding hydrogens is 677 g/mol. The van der Waals surface area contributed by atoms with Gasteiger partial charge < -0.3 is 26.8 Å². The van der Waals surface area contributed by atoms with E-state index in [2.05, 4.69) is 20.9 Å². The number of benzene rings is 4. The maximum absolute atomic E-state index is 13.1. The number of aliphatic hydroxyl groups excluding tert-OH is 1. The number of rotatable bonds is 16. The van der Waals surface area contributed by atoms with Gasteiger partial charge in [0.05, 0.1) is 12.5 Å². The molecule has 1 heterocycles. The highest BCUT2D eigenvalue weighted by molar-refractivity contribution is 7.89. The zero-order valence-corrected chi connectivity index (χ0v) is 29.7. The lowest BCUT2D eigenvalue weighted by Crippen LogP contribution is -2.37. The van der Waals surface area contributed by atoms with Crippen LogP contribution in [0, 0.1) is 0 Å². The highest BCUT2D eigenvalue weighted by Crippen LogP contribution is 2.21. The first-order valence-electron chi connectivity index (χ1n) is 16.9. The van der Waals surface area contributed by atoms with E-state index < -0.39 is 27.4 Å². The molecule has 270 valence electrons. The highest BCUT2D eigenvalue weighted by atomic mass is 32.2. The number of hydrogen-bond donors (Lipinski definition) is 6. The van der Waals surface area contributed by atoms with Crippen LogP contribution < -0.4 is 26.8 Å². The second-order valence-electron chi connectivity index (χ2n) is 12.9. The van der Waals surface area contributed by atoms with Crippen LogP contribution in [0.4, 0.5) is 5.82 Å². The van der Waals surface area contributed by atoms with Crippen LogP contribution in [-0.4, -0.2) is 42.9 Å². The molecule has 0 aliphatic rings. The summed E-state index contributed by atoms with van der Waals surface area (Å²) < 4.78 is 25.2. The topological polar surface area (TPSA) is 190 Å². The summed E-state index contributed by atoms with van der Waals surface area (Å²) >= 11 is 0. The van der Waals surface area contributed by atoms with Crippen molar-refractivity contribution < 1.29 is 23.1 Å². The Balaban J connectivity index is 1.10. The fourth-order valence-electron chi connectivity index (χ4n) is 5.81. The van der Waals surface area contributed by atoms with Gasteiger partial charge in [0.2, 0.25) is 15.9 Å². The molecule has 0 saturated heterocycles. The van der Waals surface area contributed by atoms with Crippen molar-refractivity contribution in [2.75, 3.05) is 12.3 Å². The average molecular weight is 721 g/mol. The number of pyridine rings is 1. The molecule has 0 radical (unpaired) electrons. The van der Waals surface area contributed by atoms with E-state index >= 15 is 0 Å². The average Bonchev–Trinajstić information content (AvgIpc) is 3.12. The molecule has 4 aromatic carbocycles. The van der Waals surface area contributed by atoms with Gasteiger partial charge in [-0.05, 0) is 71.3 Å². The number of anilines is 1. The van der Waals surface area contributed by atoms with Crippen molar-refractivity contribution in [2.24, 2.45) is 5.14 Å². The van der Waals surface area contributed by atoms with Gasteiger partial charge in [0, 0.05) is 36.5 Å². The molecule has 11 nitrogen and oxygen atoms in total. The molecule has 5 aromatic rings. The van der Waals surface area contributed by atoms with Gasteiger partial charge in [-0.3, -0.25) is 9.59 Å². The minimum Gasteiger partial charge on any atom is -0.387 e. The molecule has 5 rings (SSSR count). The molecule has 1 unspecified atom stereocenters. The zero-order valence-electron chi connectivity index (χ0n) is 28.9. The summed E-state index contributed by atoms with van der Waals surface area (Å²) in [5.74, 6) is -0.350. The van der Waals surface area contributed by atoms with Crippen LogP contribution in [0.15, 0.2) is 121 Å². The van der Waals surface area contributed by atoms with Crippen molar-refractivity contribution in [3.63, 3.8) is 0 Å². The molecule has 2 amide bonds. The van der Waals surface area contributed by atoms with Crippen LogP contribution in [0.25, 0.3) is 0 Å². The maximum atomic E-state index is 13.1. The van der Waals surface area contributed by atoms with Crippen molar-refractivity contribution in [1.82, 2.24) is 20.9 Å². The van der Waals surface area contributed by atoms with E-state index in [-0.39, 0.29) is 30.5 Å². The second kappa shape index (κ2) is 17.7. The zero-order chi connectivity index (χ0) is 37.1. The Bertz CT molecular complexity index is 2060. The predicted molar refractivity (Wildman–Crippen MR) is 202 cm³/mol. The minimum absolute atomic E-state index is 0.0761. The van der Waals surface area contributed by atoms with E-state index in [1.807, 2.05) is 67.6 Å². The highest BCUT2D eigenvalue weighted by Gasteiger charge is 2.26.